The third-order valence-electron chi connectivity index (χ3n) is 2.43. The van der Waals surface area contributed by atoms with Crippen LogP contribution in [0, 0.1) is 5.82 Å². The molecule has 3 nitrogen and oxygen atoms in total. The molecule has 20 heavy (non-hydrogen) atoms. The number of rotatable bonds is 2. The lowest BCUT2D eigenvalue weighted by molar-refractivity contribution is -0.139. The number of nitrogens with zero attached hydrogens (tertiary/aromatic N) is 1. The van der Waals surface area contributed by atoms with E-state index < -0.39 is 23.5 Å². The van der Waals surface area contributed by atoms with E-state index >= 15 is 0 Å². The Hall–Kier alpha value is -1.96. The fourth-order valence-electron chi connectivity index (χ4n) is 1.51. The number of halogens is 4. The van der Waals surface area contributed by atoms with Crippen molar-refractivity contribution in [2.75, 3.05) is 7.11 Å². The van der Waals surface area contributed by atoms with Gasteiger partial charge >= 0.3 is 12.1 Å². The number of alkyl halides is 3. The Balaban J connectivity index is 2.49. The average Bonchev–Trinajstić information content (AvgIpc) is 2.86. The maximum Gasteiger partial charge on any atom is 0.419 e. The molecule has 2 rings (SSSR count). The summed E-state index contributed by atoms with van der Waals surface area (Å²) in [5, 5.41) is 1.27. The Morgan fingerprint density at radius 2 is 2.05 bits per heavy atom. The number of hydrogen-bond acceptors (Lipinski definition) is 4. The highest BCUT2D eigenvalue weighted by Crippen LogP contribution is 2.36. The van der Waals surface area contributed by atoms with Crippen molar-refractivity contribution in [3.05, 3.63) is 40.7 Å². The van der Waals surface area contributed by atoms with Crippen LogP contribution in [0.3, 0.4) is 0 Å². The fourth-order valence-corrected chi connectivity index (χ4v) is 2.32. The quantitative estimate of drug-likeness (QED) is 0.626. The van der Waals surface area contributed by atoms with E-state index in [1.165, 1.54) is 11.4 Å². The minimum atomic E-state index is -4.79. The Bertz CT molecular complexity index is 651. The second-order valence-electron chi connectivity index (χ2n) is 3.69. The number of carbonyl (C=O) groups excluding carboxylic acids is 1. The smallest absolute Gasteiger partial charge is 0.419 e. The van der Waals surface area contributed by atoms with Gasteiger partial charge in [0.1, 0.15) is 10.8 Å². The monoisotopic (exact) mass is 305 g/mol. The van der Waals surface area contributed by atoms with Crippen LogP contribution in [0.5, 0.6) is 0 Å². The van der Waals surface area contributed by atoms with E-state index in [4.69, 9.17) is 0 Å². The number of methoxy groups -OCH3 is 1. The van der Waals surface area contributed by atoms with Gasteiger partial charge < -0.3 is 4.74 Å². The van der Waals surface area contributed by atoms with Gasteiger partial charge in [0.2, 0.25) is 0 Å². The van der Waals surface area contributed by atoms with Crippen molar-refractivity contribution < 1.29 is 27.1 Å². The summed E-state index contributed by atoms with van der Waals surface area (Å²) in [6.07, 6.45) is -4.79. The zero-order valence-electron chi connectivity index (χ0n) is 9.99. The molecule has 0 aliphatic rings. The molecule has 1 aromatic carbocycles. The standard InChI is InChI=1S/C12H7F4NO2S/c1-19-11(18)8-5-20-10(17-8)6-3-2-4-7(9(6)13)12(14,15)16/h2-5H,1H3. The molecule has 0 amide bonds. The number of thiazole rings is 1. The van der Waals surface area contributed by atoms with Gasteiger partial charge in [-0.25, -0.2) is 14.2 Å². The van der Waals surface area contributed by atoms with Crippen molar-refractivity contribution in [2.24, 2.45) is 0 Å². The van der Waals surface area contributed by atoms with Crippen molar-refractivity contribution in [2.45, 2.75) is 6.18 Å². The van der Waals surface area contributed by atoms with E-state index in [9.17, 15) is 22.4 Å². The lowest BCUT2D eigenvalue weighted by Gasteiger charge is -2.09. The molecular weight excluding hydrogens is 298 g/mol. The fraction of sp³-hybridized carbons (Fsp3) is 0.167. The summed E-state index contributed by atoms with van der Waals surface area (Å²) in [5.74, 6) is -2.15. The van der Waals surface area contributed by atoms with Gasteiger partial charge in [-0.2, -0.15) is 13.2 Å². The lowest BCUT2D eigenvalue weighted by Crippen LogP contribution is -2.08. The number of esters is 1. The first-order valence-electron chi connectivity index (χ1n) is 5.24. The highest BCUT2D eigenvalue weighted by molar-refractivity contribution is 7.13. The average molecular weight is 305 g/mol. The van der Waals surface area contributed by atoms with Crippen molar-refractivity contribution in [3.63, 3.8) is 0 Å². The second kappa shape index (κ2) is 5.20. The van der Waals surface area contributed by atoms with Crippen LogP contribution in [-0.4, -0.2) is 18.1 Å². The van der Waals surface area contributed by atoms with E-state index in [2.05, 4.69) is 9.72 Å². The van der Waals surface area contributed by atoms with Gasteiger partial charge in [0, 0.05) is 10.9 Å². The van der Waals surface area contributed by atoms with Crippen LogP contribution in [0.25, 0.3) is 10.6 Å². The second-order valence-corrected chi connectivity index (χ2v) is 4.55. The summed E-state index contributed by atoms with van der Waals surface area (Å²) in [4.78, 5) is 15.0. The van der Waals surface area contributed by atoms with E-state index in [1.807, 2.05) is 0 Å². The summed E-state index contributed by atoms with van der Waals surface area (Å²) in [6.45, 7) is 0. The number of hydrogen-bond donors (Lipinski definition) is 0. The molecule has 0 N–H and O–H groups in total. The van der Waals surface area contributed by atoms with Crippen LogP contribution >= 0.6 is 11.3 Å². The molecule has 2 aromatic rings. The van der Waals surface area contributed by atoms with Crippen LogP contribution in [-0.2, 0) is 10.9 Å². The van der Waals surface area contributed by atoms with E-state index in [0.717, 1.165) is 24.5 Å². The summed E-state index contributed by atoms with van der Waals surface area (Å²) in [7, 11) is 1.15. The van der Waals surface area contributed by atoms with Crippen molar-refractivity contribution in [1.82, 2.24) is 4.98 Å². The maximum absolute atomic E-state index is 13.9. The van der Waals surface area contributed by atoms with Crippen LogP contribution in [0.2, 0.25) is 0 Å². The van der Waals surface area contributed by atoms with E-state index in [-0.39, 0.29) is 16.3 Å². The summed E-state index contributed by atoms with van der Waals surface area (Å²) in [6, 6.07) is 2.90. The SMILES string of the molecule is COC(=O)c1csc(-c2cccc(C(F)(F)F)c2F)n1. The molecule has 0 bridgehead atoms. The van der Waals surface area contributed by atoms with E-state index in [0.29, 0.717) is 6.07 Å². The Kier molecular flexibility index (Phi) is 3.76. The third-order valence-corrected chi connectivity index (χ3v) is 3.31. The molecule has 0 atom stereocenters. The minimum Gasteiger partial charge on any atom is -0.464 e. The molecule has 0 aliphatic heterocycles. The molecule has 0 saturated carbocycles. The summed E-state index contributed by atoms with van der Waals surface area (Å²) >= 11 is 0.861. The summed E-state index contributed by atoms with van der Waals surface area (Å²) < 4.78 is 56.1. The van der Waals surface area contributed by atoms with Crippen LogP contribution in [0.1, 0.15) is 16.1 Å². The predicted octanol–water partition coefficient (Wildman–Crippen LogP) is 3.75. The largest absolute Gasteiger partial charge is 0.464 e. The Morgan fingerprint density at radius 3 is 2.65 bits per heavy atom. The van der Waals surface area contributed by atoms with Crippen molar-refractivity contribution in [1.29, 1.82) is 0 Å². The molecule has 8 heteroatoms. The molecule has 0 spiro atoms. The van der Waals surface area contributed by atoms with Gasteiger partial charge in [0.25, 0.3) is 0 Å². The number of aromatic nitrogens is 1. The zero-order valence-corrected chi connectivity index (χ0v) is 10.8. The molecule has 0 saturated heterocycles. The van der Waals surface area contributed by atoms with Gasteiger partial charge in [-0.15, -0.1) is 11.3 Å². The first-order valence-corrected chi connectivity index (χ1v) is 6.12. The third kappa shape index (κ3) is 2.64. The van der Waals surface area contributed by atoms with Crippen LogP contribution < -0.4 is 0 Å². The topological polar surface area (TPSA) is 39.2 Å². The van der Waals surface area contributed by atoms with Crippen molar-refractivity contribution in [3.8, 4) is 10.6 Å². The molecular formula is C12H7F4NO2S. The first kappa shape index (κ1) is 14.4. The molecule has 0 unspecified atom stereocenters. The molecule has 0 aliphatic carbocycles. The van der Waals surface area contributed by atoms with E-state index in [1.54, 1.807) is 0 Å². The highest BCUT2D eigenvalue weighted by atomic mass is 32.1. The highest BCUT2D eigenvalue weighted by Gasteiger charge is 2.35. The van der Waals surface area contributed by atoms with Gasteiger partial charge in [-0.3, -0.25) is 0 Å². The Morgan fingerprint density at radius 1 is 1.35 bits per heavy atom. The Labute approximate surface area is 114 Å². The normalized spacial score (nSPS) is 11.4. The lowest BCUT2D eigenvalue weighted by atomic mass is 10.1. The molecule has 1 aromatic heterocycles. The van der Waals surface area contributed by atoms with Gasteiger partial charge in [-0.05, 0) is 12.1 Å². The van der Waals surface area contributed by atoms with Gasteiger partial charge in [0.15, 0.2) is 5.69 Å². The minimum absolute atomic E-state index is 0.0194. The van der Waals surface area contributed by atoms with Crippen LogP contribution in [0.15, 0.2) is 23.6 Å². The number of carbonyl (C=O) groups is 1. The molecule has 0 radical (unpaired) electrons. The molecule has 0 fully saturated rings. The first-order chi connectivity index (χ1) is 9.34. The predicted molar refractivity (Wildman–Crippen MR) is 63.8 cm³/mol. The van der Waals surface area contributed by atoms with Gasteiger partial charge in [0.05, 0.1) is 12.7 Å². The number of ether oxygens (including phenoxy) is 1. The summed E-state index contributed by atoms with van der Waals surface area (Å²) in [5.41, 5.74) is -1.76. The zero-order chi connectivity index (χ0) is 14.9. The van der Waals surface area contributed by atoms with Gasteiger partial charge in [-0.1, -0.05) is 6.07 Å². The number of benzene rings is 1. The maximum atomic E-state index is 13.9. The molecule has 106 valence electrons. The van der Waals surface area contributed by atoms with Crippen molar-refractivity contribution >= 4 is 17.3 Å². The molecule has 1 heterocycles. The van der Waals surface area contributed by atoms with Crippen LogP contribution in [0.4, 0.5) is 17.6 Å².